The Morgan fingerprint density at radius 1 is 1.33 bits per heavy atom. The normalized spacial score (nSPS) is 12.2. The van der Waals surface area contributed by atoms with Crippen LogP contribution in [0.5, 0.6) is 11.5 Å². The maximum atomic E-state index is 11.7. The van der Waals surface area contributed by atoms with E-state index in [1.54, 1.807) is 6.07 Å². The van der Waals surface area contributed by atoms with Crippen molar-refractivity contribution in [3.8, 4) is 11.5 Å². The highest BCUT2D eigenvalue weighted by atomic mass is 16.7. The van der Waals surface area contributed by atoms with Crippen molar-refractivity contribution in [1.82, 2.24) is 15.5 Å². The Labute approximate surface area is 121 Å². The largest absolute Gasteiger partial charge is 0.454 e. The number of nitrogens with zero attached hydrogens (tertiary/aromatic N) is 1. The molecular weight excluding hydrogens is 272 g/mol. The predicted octanol–water partition coefficient (Wildman–Crippen LogP) is 1.81. The van der Waals surface area contributed by atoms with E-state index in [1.807, 2.05) is 25.1 Å². The third-order valence-electron chi connectivity index (χ3n) is 3.08. The molecule has 7 heteroatoms. The Morgan fingerprint density at radius 2 is 2.19 bits per heavy atom. The number of hydrogen-bond acceptors (Lipinski definition) is 4. The van der Waals surface area contributed by atoms with Gasteiger partial charge in [-0.15, -0.1) is 0 Å². The first-order valence-corrected chi connectivity index (χ1v) is 6.66. The second-order valence-corrected chi connectivity index (χ2v) is 4.75. The minimum Gasteiger partial charge on any atom is -0.454 e. The number of benzene rings is 1. The fraction of sp³-hybridized carbons (Fsp3) is 0.286. The summed E-state index contributed by atoms with van der Waals surface area (Å²) in [5, 5.41) is 12.1. The number of H-pyrrole nitrogens is 1. The minimum atomic E-state index is -0.276. The van der Waals surface area contributed by atoms with Gasteiger partial charge in [0.1, 0.15) is 0 Å². The van der Waals surface area contributed by atoms with E-state index in [2.05, 4.69) is 20.8 Å². The highest BCUT2D eigenvalue weighted by Gasteiger charge is 2.13. The van der Waals surface area contributed by atoms with Crippen LogP contribution in [0.1, 0.15) is 11.3 Å². The average molecular weight is 288 g/mol. The topological polar surface area (TPSA) is 88.3 Å². The maximum Gasteiger partial charge on any atom is 0.320 e. The Hall–Kier alpha value is -2.70. The van der Waals surface area contributed by atoms with Gasteiger partial charge < -0.3 is 14.8 Å². The van der Waals surface area contributed by atoms with E-state index < -0.39 is 0 Å². The van der Waals surface area contributed by atoms with Gasteiger partial charge in [-0.25, -0.2) is 4.79 Å². The zero-order valence-corrected chi connectivity index (χ0v) is 11.6. The van der Waals surface area contributed by atoms with Crippen molar-refractivity contribution < 1.29 is 14.3 Å². The highest BCUT2D eigenvalue weighted by molar-refractivity contribution is 5.88. The number of rotatable bonds is 4. The predicted molar refractivity (Wildman–Crippen MR) is 76.6 cm³/mol. The van der Waals surface area contributed by atoms with Crippen LogP contribution in [-0.4, -0.2) is 29.6 Å². The first-order valence-electron chi connectivity index (χ1n) is 6.66. The number of ether oxygens (including phenoxy) is 2. The Bertz CT molecular complexity index is 653. The molecule has 0 bridgehead atoms. The molecule has 1 aliphatic rings. The van der Waals surface area contributed by atoms with Crippen molar-refractivity contribution in [1.29, 1.82) is 0 Å². The lowest BCUT2D eigenvalue weighted by Gasteiger charge is -2.06. The first kappa shape index (κ1) is 13.3. The van der Waals surface area contributed by atoms with Gasteiger partial charge in [0, 0.05) is 18.3 Å². The summed E-state index contributed by atoms with van der Waals surface area (Å²) in [4.78, 5) is 11.7. The number of aromatic nitrogens is 2. The van der Waals surface area contributed by atoms with Gasteiger partial charge in [-0.3, -0.25) is 10.4 Å². The number of anilines is 1. The summed E-state index contributed by atoms with van der Waals surface area (Å²) >= 11 is 0. The van der Waals surface area contributed by atoms with Crippen LogP contribution in [-0.2, 0) is 6.42 Å². The molecule has 1 aromatic carbocycles. The third-order valence-corrected chi connectivity index (χ3v) is 3.08. The van der Waals surface area contributed by atoms with Crippen molar-refractivity contribution in [2.24, 2.45) is 0 Å². The molecule has 0 saturated carbocycles. The van der Waals surface area contributed by atoms with E-state index >= 15 is 0 Å². The summed E-state index contributed by atoms with van der Waals surface area (Å²) in [7, 11) is 0. The summed E-state index contributed by atoms with van der Waals surface area (Å²) in [6, 6.07) is 7.26. The number of nitrogens with one attached hydrogen (secondary N) is 3. The van der Waals surface area contributed by atoms with Gasteiger partial charge in [-0.2, -0.15) is 5.10 Å². The number of carbonyl (C=O) groups excluding carboxylic acids is 1. The Morgan fingerprint density at radius 3 is 3.00 bits per heavy atom. The molecule has 0 aliphatic carbocycles. The quantitative estimate of drug-likeness (QED) is 0.800. The molecule has 1 aliphatic heterocycles. The molecule has 0 saturated heterocycles. The van der Waals surface area contributed by atoms with Crippen LogP contribution in [0.2, 0.25) is 0 Å². The van der Waals surface area contributed by atoms with Gasteiger partial charge in [0.2, 0.25) is 6.79 Å². The number of carbonyl (C=O) groups is 1. The molecule has 110 valence electrons. The maximum absolute atomic E-state index is 11.7. The summed E-state index contributed by atoms with van der Waals surface area (Å²) in [5.74, 6) is 2.02. The van der Waals surface area contributed by atoms with E-state index in [0.29, 0.717) is 18.8 Å². The van der Waals surface area contributed by atoms with Crippen molar-refractivity contribution in [3.63, 3.8) is 0 Å². The first-order chi connectivity index (χ1) is 10.2. The molecule has 0 atom stereocenters. The van der Waals surface area contributed by atoms with Crippen LogP contribution in [0.4, 0.5) is 10.6 Å². The summed E-state index contributed by atoms with van der Waals surface area (Å²) in [6.07, 6.45) is 0.712. The van der Waals surface area contributed by atoms with Crippen molar-refractivity contribution in [3.05, 3.63) is 35.5 Å². The minimum absolute atomic E-state index is 0.266. The molecule has 2 heterocycles. The number of urea groups is 1. The summed E-state index contributed by atoms with van der Waals surface area (Å²) in [6.45, 7) is 2.66. The zero-order valence-electron chi connectivity index (χ0n) is 11.6. The molecule has 3 rings (SSSR count). The molecule has 21 heavy (non-hydrogen) atoms. The smallest absolute Gasteiger partial charge is 0.320 e. The van der Waals surface area contributed by atoms with Gasteiger partial charge in [0.15, 0.2) is 17.3 Å². The molecule has 2 amide bonds. The zero-order chi connectivity index (χ0) is 14.7. The number of aromatic amines is 1. The number of fused-ring (bicyclic) bond motifs is 1. The monoisotopic (exact) mass is 288 g/mol. The van der Waals surface area contributed by atoms with Crippen molar-refractivity contribution in [2.45, 2.75) is 13.3 Å². The lowest BCUT2D eigenvalue weighted by atomic mass is 10.1. The molecule has 3 N–H and O–H groups in total. The summed E-state index contributed by atoms with van der Waals surface area (Å²) < 4.78 is 10.6. The second-order valence-electron chi connectivity index (χ2n) is 4.75. The molecule has 0 unspecified atom stereocenters. The van der Waals surface area contributed by atoms with E-state index in [1.165, 1.54) is 0 Å². The van der Waals surface area contributed by atoms with Gasteiger partial charge in [0.05, 0.1) is 0 Å². The van der Waals surface area contributed by atoms with Crippen LogP contribution < -0.4 is 20.1 Å². The van der Waals surface area contributed by atoms with Gasteiger partial charge in [0.25, 0.3) is 0 Å². The van der Waals surface area contributed by atoms with E-state index in [0.717, 1.165) is 22.8 Å². The van der Waals surface area contributed by atoms with Gasteiger partial charge in [-0.1, -0.05) is 6.07 Å². The van der Waals surface area contributed by atoms with Crippen LogP contribution in [0.25, 0.3) is 0 Å². The molecule has 0 spiro atoms. The van der Waals surface area contributed by atoms with Crippen LogP contribution in [0.3, 0.4) is 0 Å². The highest BCUT2D eigenvalue weighted by Crippen LogP contribution is 2.32. The fourth-order valence-corrected chi connectivity index (χ4v) is 2.06. The average Bonchev–Trinajstić information content (AvgIpc) is 3.07. The molecule has 2 aromatic rings. The third kappa shape index (κ3) is 3.25. The van der Waals surface area contributed by atoms with Crippen molar-refractivity contribution >= 4 is 11.8 Å². The van der Waals surface area contributed by atoms with E-state index in [-0.39, 0.29) is 12.8 Å². The molecule has 1 aromatic heterocycles. The molecule has 0 radical (unpaired) electrons. The standard InChI is InChI=1S/C14H16N4O3/c1-9-6-13(18-17-9)16-14(19)15-5-4-10-2-3-11-12(7-10)21-8-20-11/h2-3,6-7H,4-5,8H2,1H3,(H3,15,16,17,18,19). The second kappa shape index (κ2) is 5.74. The van der Waals surface area contributed by atoms with E-state index in [4.69, 9.17) is 9.47 Å². The van der Waals surface area contributed by atoms with Gasteiger partial charge in [-0.05, 0) is 31.0 Å². The Balaban J connectivity index is 1.46. The SMILES string of the molecule is Cc1cc(NC(=O)NCCc2ccc3c(c2)OCO3)n[nH]1. The van der Waals surface area contributed by atoms with Gasteiger partial charge >= 0.3 is 6.03 Å². The fourth-order valence-electron chi connectivity index (χ4n) is 2.06. The van der Waals surface area contributed by atoms with Crippen LogP contribution in [0.15, 0.2) is 24.3 Å². The molecular formula is C14H16N4O3. The molecule has 0 fully saturated rings. The van der Waals surface area contributed by atoms with Crippen molar-refractivity contribution in [2.75, 3.05) is 18.7 Å². The lowest BCUT2D eigenvalue weighted by Crippen LogP contribution is -2.30. The number of aryl methyl sites for hydroxylation is 1. The number of amides is 2. The van der Waals surface area contributed by atoms with E-state index in [9.17, 15) is 4.79 Å². The lowest BCUT2D eigenvalue weighted by molar-refractivity contribution is 0.174. The van der Waals surface area contributed by atoms with Crippen LogP contribution >= 0.6 is 0 Å². The number of hydrogen-bond donors (Lipinski definition) is 3. The summed E-state index contributed by atoms with van der Waals surface area (Å²) in [5.41, 5.74) is 1.97. The van der Waals surface area contributed by atoms with Crippen LogP contribution in [0, 0.1) is 6.92 Å². The Kier molecular flexibility index (Phi) is 3.63. The molecule has 7 nitrogen and oxygen atoms in total.